The van der Waals surface area contributed by atoms with Crippen molar-refractivity contribution in [3.8, 4) is 5.75 Å². The summed E-state index contributed by atoms with van der Waals surface area (Å²) in [6, 6.07) is 23.1. The Bertz CT molecular complexity index is 1080. The monoisotopic (exact) mass is 430 g/mol. The molecule has 3 aromatic carbocycles. The molecule has 0 spiro atoms. The summed E-state index contributed by atoms with van der Waals surface area (Å²) < 4.78 is 5.29. The molecule has 1 aliphatic heterocycles. The average Bonchev–Trinajstić information content (AvgIpc) is 2.84. The van der Waals surface area contributed by atoms with Crippen molar-refractivity contribution in [1.82, 2.24) is 4.90 Å². The maximum absolute atomic E-state index is 11.0. The van der Waals surface area contributed by atoms with Crippen LogP contribution in [-0.2, 0) is 6.54 Å². The van der Waals surface area contributed by atoms with Gasteiger partial charge in [-0.2, -0.15) is 0 Å². The van der Waals surface area contributed by atoms with E-state index in [1.165, 1.54) is 30.5 Å². The maximum Gasteiger partial charge on any atom is 0.270 e. The first-order valence-corrected chi connectivity index (χ1v) is 10.6. The maximum atomic E-state index is 11.0. The lowest BCUT2D eigenvalue weighted by atomic mass is 10.2. The van der Waals surface area contributed by atoms with Gasteiger partial charge in [0.1, 0.15) is 5.75 Å². The molecule has 0 N–H and O–H groups in total. The molecule has 0 bridgehead atoms. The zero-order chi connectivity index (χ0) is 22.3. The number of methoxy groups -OCH3 is 1. The lowest BCUT2D eigenvalue weighted by molar-refractivity contribution is -0.384. The van der Waals surface area contributed by atoms with Gasteiger partial charge in [-0.15, -0.1) is 0 Å². The van der Waals surface area contributed by atoms with Crippen LogP contribution in [0.1, 0.15) is 11.1 Å². The van der Waals surface area contributed by atoms with Gasteiger partial charge in [0.2, 0.25) is 0 Å². The van der Waals surface area contributed by atoms with Crippen LogP contribution in [0.15, 0.2) is 77.8 Å². The van der Waals surface area contributed by atoms with Gasteiger partial charge in [0, 0.05) is 62.3 Å². The number of nitro groups is 1. The number of nitrogens with zero attached hydrogens (tertiary/aromatic N) is 4. The van der Waals surface area contributed by atoms with Crippen molar-refractivity contribution in [3.05, 3.63) is 94.0 Å². The Kier molecular flexibility index (Phi) is 6.77. The number of ether oxygens (including phenoxy) is 1. The van der Waals surface area contributed by atoms with Crippen LogP contribution in [0.25, 0.3) is 0 Å². The van der Waals surface area contributed by atoms with Gasteiger partial charge in [-0.05, 0) is 35.9 Å². The van der Waals surface area contributed by atoms with E-state index >= 15 is 0 Å². The van der Waals surface area contributed by atoms with E-state index < -0.39 is 4.92 Å². The number of benzene rings is 3. The first kappa shape index (κ1) is 21.5. The number of non-ortho nitro benzene ring substituents is 1. The quantitative estimate of drug-likeness (QED) is 0.309. The van der Waals surface area contributed by atoms with Crippen LogP contribution in [0.4, 0.5) is 17.1 Å². The van der Waals surface area contributed by atoms with Gasteiger partial charge in [0.05, 0.1) is 17.7 Å². The average molecular weight is 431 g/mol. The third-order valence-electron chi connectivity index (χ3n) is 5.61. The molecule has 0 aromatic heterocycles. The van der Waals surface area contributed by atoms with Crippen LogP contribution in [0, 0.1) is 10.1 Å². The fourth-order valence-corrected chi connectivity index (χ4v) is 3.84. The van der Waals surface area contributed by atoms with Gasteiger partial charge >= 0.3 is 0 Å². The number of piperazine rings is 1. The minimum atomic E-state index is -0.425. The van der Waals surface area contributed by atoms with Gasteiger partial charge in [-0.25, -0.2) is 0 Å². The minimum absolute atomic E-state index is 0.00834. The number of hydrogen-bond donors (Lipinski definition) is 0. The molecule has 1 saturated heterocycles. The molecule has 0 unspecified atom stereocenters. The molecule has 1 fully saturated rings. The molecular formula is C25H26N4O3. The van der Waals surface area contributed by atoms with Crippen molar-refractivity contribution in [3.63, 3.8) is 0 Å². The highest BCUT2D eigenvalue weighted by atomic mass is 16.6. The zero-order valence-corrected chi connectivity index (χ0v) is 18.1. The largest absolute Gasteiger partial charge is 0.496 e. The number of hydrogen-bond acceptors (Lipinski definition) is 6. The van der Waals surface area contributed by atoms with E-state index in [-0.39, 0.29) is 5.69 Å². The second-order valence-corrected chi connectivity index (χ2v) is 7.71. The Hall–Kier alpha value is -3.71. The first-order chi connectivity index (χ1) is 15.6. The Labute approximate surface area is 187 Å². The number of anilines is 1. The third kappa shape index (κ3) is 5.31. The van der Waals surface area contributed by atoms with E-state index in [0.29, 0.717) is 11.3 Å². The van der Waals surface area contributed by atoms with E-state index in [0.717, 1.165) is 38.4 Å². The van der Waals surface area contributed by atoms with E-state index in [1.807, 2.05) is 12.1 Å². The predicted octanol–water partition coefficient (Wildman–Crippen LogP) is 4.68. The number of aliphatic imine (C=N–C) groups is 1. The third-order valence-corrected chi connectivity index (χ3v) is 5.61. The molecule has 32 heavy (non-hydrogen) atoms. The lowest BCUT2D eigenvalue weighted by Gasteiger charge is -2.36. The van der Waals surface area contributed by atoms with E-state index in [1.54, 1.807) is 12.3 Å². The molecule has 0 atom stereocenters. The molecular weight excluding hydrogens is 404 g/mol. The molecule has 3 aromatic rings. The number of nitro benzene ring substituents is 1. The van der Waals surface area contributed by atoms with Crippen molar-refractivity contribution in [2.24, 2.45) is 4.99 Å². The summed E-state index contributed by atoms with van der Waals surface area (Å²) in [6.07, 6.45) is 1.60. The Morgan fingerprint density at radius 1 is 1.00 bits per heavy atom. The summed E-state index contributed by atoms with van der Waals surface area (Å²) in [6.45, 7) is 5.02. The zero-order valence-electron chi connectivity index (χ0n) is 18.1. The van der Waals surface area contributed by atoms with E-state index in [9.17, 15) is 10.1 Å². The normalized spacial score (nSPS) is 14.6. The molecule has 0 aliphatic carbocycles. The molecule has 0 amide bonds. The highest BCUT2D eigenvalue weighted by Crippen LogP contribution is 2.25. The molecule has 0 saturated carbocycles. The van der Waals surface area contributed by atoms with Crippen molar-refractivity contribution in [2.75, 3.05) is 38.2 Å². The fraction of sp³-hybridized carbons (Fsp3) is 0.240. The summed E-state index contributed by atoms with van der Waals surface area (Å²) in [4.78, 5) is 20.0. The molecule has 7 heteroatoms. The van der Waals surface area contributed by atoms with Gasteiger partial charge in [0.15, 0.2) is 0 Å². The molecule has 4 rings (SSSR count). The Morgan fingerprint density at radius 3 is 2.38 bits per heavy atom. The first-order valence-electron chi connectivity index (χ1n) is 10.6. The molecule has 7 nitrogen and oxygen atoms in total. The topological polar surface area (TPSA) is 71.2 Å². The van der Waals surface area contributed by atoms with Crippen LogP contribution >= 0.6 is 0 Å². The summed E-state index contributed by atoms with van der Waals surface area (Å²) in [5, 5.41) is 11.0. The molecule has 1 aliphatic rings. The highest BCUT2D eigenvalue weighted by molar-refractivity contribution is 5.86. The lowest BCUT2D eigenvalue weighted by Crippen LogP contribution is -2.45. The smallest absolute Gasteiger partial charge is 0.270 e. The van der Waals surface area contributed by atoms with Gasteiger partial charge in [-0.1, -0.05) is 30.3 Å². The van der Waals surface area contributed by atoms with Gasteiger partial charge in [-0.3, -0.25) is 20.0 Å². The van der Waals surface area contributed by atoms with Crippen LogP contribution in [-0.4, -0.2) is 49.3 Å². The predicted molar refractivity (Wildman–Crippen MR) is 127 cm³/mol. The molecule has 0 radical (unpaired) electrons. The summed E-state index contributed by atoms with van der Waals surface area (Å²) >= 11 is 0. The Balaban J connectivity index is 1.37. The highest BCUT2D eigenvalue weighted by Gasteiger charge is 2.17. The summed E-state index contributed by atoms with van der Waals surface area (Å²) in [5.74, 6) is 0.546. The van der Waals surface area contributed by atoms with E-state index in [4.69, 9.17) is 4.74 Å². The van der Waals surface area contributed by atoms with Crippen molar-refractivity contribution >= 4 is 23.3 Å². The second-order valence-electron chi connectivity index (χ2n) is 7.71. The van der Waals surface area contributed by atoms with Crippen molar-refractivity contribution < 1.29 is 9.66 Å². The van der Waals surface area contributed by atoms with Crippen LogP contribution in [0.2, 0.25) is 0 Å². The SMILES string of the molecule is COc1ccc([N+](=O)[O-])cc1C=Nc1ccc(N2CCN(Cc3ccccc3)CC2)cc1. The number of rotatable bonds is 7. The van der Waals surface area contributed by atoms with Gasteiger partial charge in [0.25, 0.3) is 5.69 Å². The minimum Gasteiger partial charge on any atom is -0.496 e. The summed E-state index contributed by atoms with van der Waals surface area (Å²) in [7, 11) is 1.53. The van der Waals surface area contributed by atoms with Crippen LogP contribution < -0.4 is 9.64 Å². The standard InChI is InChI=1S/C25H26N4O3/c1-32-25-12-11-24(29(30)31)17-21(25)18-26-22-7-9-23(10-8-22)28-15-13-27(14-16-28)19-20-5-3-2-4-6-20/h2-12,17-18H,13-16,19H2,1H3. The van der Waals surface area contributed by atoms with Gasteiger partial charge < -0.3 is 9.64 Å². The van der Waals surface area contributed by atoms with Crippen LogP contribution in [0.3, 0.4) is 0 Å². The summed E-state index contributed by atoms with van der Waals surface area (Å²) in [5.41, 5.74) is 3.89. The van der Waals surface area contributed by atoms with Crippen molar-refractivity contribution in [1.29, 1.82) is 0 Å². The second kappa shape index (κ2) is 10.1. The van der Waals surface area contributed by atoms with E-state index in [2.05, 4.69) is 57.3 Å². The van der Waals surface area contributed by atoms with Crippen LogP contribution in [0.5, 0.6) is 5.75 Å². The fourth-order valence-electron chi connectivity index (χ4n) is 3.84. The Morgan fingerprint density at radius 2 is 1.72 bits per heavy atom. The molecule has 1 heterocycles. The molecule has 164 valence electrons. The van der Waals surface area contributed by atoms with Crippen molar-refractivity contribution in [2.45, 2.75) is 6.54 Å².